The Bertz CT molecular complexity index is 630. The van der Waals surface area contributed by atoms with Gasteiger partial charge < -0.3 is 10.4 Å². The molecule has 0 spiro atoms. The standard InChI is InChI=1S/C18H21NO2/c1-12(2)15-9-7-14(8-10-15)11-19-18(21)16-5-4-6-17(20)13(16)3/h4-10,12,20H,11H2,1-3H3,(H,19,21). The van der Waals surface area contributed by atoms with Gasteiger partial charge in [-0.15, -0.1) is 0 Å². The fraction of sp³-hybridized carbons (Fsp3) is 0.278. The summed E-state index contributed by atoms with van der Waals surface area (Å²) >= 11 is 0. The van der Waals surface area contributed by atoms with Crippen LogP contribution in [0.5, 0.6) is 5.75 Å². The normalized spacial score (nSPS) is 10.7. The number of carbonyl (C=O) groups excluding carboxylic acids is 1. The average molecular weight is 283 g/mol. The highest BCUT2D eigenvalue weighted by molar-refractivity contribution is 5.96. The van der Waals surface area contributed by atoms with Crippen molar-refractivity contribution in [3.8, 4) is 5.75 Å². The van der Waals surface area contributed by atoms with E-state index < -0.39 is 0 Å². The summed E-state index contributed by atoms with van der Waals surface area (Å²) in [7, 11) is 0. The van der Waals surface area contributed by atoms with Gasteiger partial charge in [0.05, 0.1) is 0 Å². The Morgan fingerprint density at radius 1 is 1.14 bits per heavy atom. The van der Waals surface area contributed by atoms with Gasteiger partial charge >= 0.3 is 0 Å². The van der Waals surface area contributed by atoms with Gasteiger partial charge in [0.2, 0.25) is 0 Å². The van der Waals surface area contributed by atoms with Crippen molar-refractivity contribution in [1.29, 1.82) is 0 Å². The Morgan fingerprint density at radius 2 is 1.81 bits per heavy atom. The summed E-state index contributed by atoms with van der Waals surface area (Å²) in [6.45, 7) is 6.52. The van der Waals surface area contributed by atoms with Crippen LogP contribution in [0.4, 0.5) is 0 Å². The molecule has 3 nitrogen and oxygen atoms in total. The van der Waals surface area contributed by atoms with Gasteiger partial charge in [-0.3, -0.25) is 4.79 Å². The molecule has 0 unspecified atom stereocenters. The highest BCUT2D eigenvalue weighted by atomic mass is 16.3. The first-order valence-electron chi connectivity index (χ1n) is 7.14. The lowest BCUT2D eigenvalue weighted by Gasteiger charge is -2.10. The van der Waals surface area contributed by atoms with Crippen LogP contribution in [0.25, 0.3) is 0 Å². The van der Waals surface area contributed by atoms with Crippen LogP contribution in [0.15, 0.2) is 42.5 Å². The second-order valence-corrected chi connectivity index (χ2v) is 5.53. The molecule has 2 rings (SSSR count). The molecule has 110 valence electrons. The molecule has 21 heavy (non-hydrogen) atoms. The largest absolute Gasteiger partial charge is 0.508 e. The second kappa shape index (κ2) is 6.44. The van der Waals surface area contributed by atoms with Crippen LogP contribution in [0.3, 0.4) is 0 Å². The predicted molar refractivity (Wildman–Crippen MR) is 84.5 cm³/mol. The monoisotopic (exact) mass is 283 g/mol. The number of hydrogen-bond acceptors (Lipinski definition) is 2. The molecule has 0 bridgehead atoms. The van der Waals surface area contributed by atoms with E-state index in [0.29, 0.717) is 23.6 Å². The van der Waals surface area contributed by atoms with Gasteiger partial charge in [-0.25, -0.2) is 0 Å². The van der Waals surface area contributed by atoms with Gasteiger partial charge in [0, 0.05) is 17.7 Å². The molecule has 0 aliphatic heterocycles. The zero-order valence-electron chi connectivity index (χ0n) is 12.7. The number of phenolic OH excluding ortho intramolecular Hbond substituents is 1. The van der Waals surface area contributed by atoms with Crippen molar-refractivity contribution < 1.29 is 9.90 Å². The molecule has 0 atom stereocenters. The minimum absolute atomic E-state index is 0.143. The third kappa shape index (κ3) is 3.63. The van der Waals surface area contributed by atoms with Crippen molar-refractivity contribution >= 4 is 5.91 Å². The Hall–Kier alpha value is -2.29. The minimum Gasteiger partial charge on any atom is -0.508 e. The first-order chi connectivity index (χ1) is 9.99. The number of benzene rings is 2. The van der Waals surface area contributed by atoms with E-state index >= 15 is 0 Å². The summed E-state index contributed by atoms with van der Waals surface area (Å²) in [6, 6.07) is 13.2. The number of aromatic hydroxyl groups is 1. The SMILES string of the molecule is Cc1c(O)cccc1C(=O)NCc1ccc(C(C)C)cc1. The maximum Gasteiger partial charge on any atom is 0.251 e. The number of nitrogens with one attached hydrogen (secondary N) is 1. The smallest absolute Gasteiger partial charge is 0.251 e. The van der Waals surface area contributed by atoms with E-state index in [1.54, 1.807) is 25.1 Å². The van der Waals surface area contributed by atoms with Crippen molar-refractivity contribution in [2.75, 3.05) is 0 Å². The van der Waals surface area contributed by atoms with Crippen LogP contribution in [-0.4, -0.2) is 11.0 Å². The summed E-state index contributed by atoms with van der Waals surface area (Å²) in [5.41, 5.74) is 3.46. The zero-order chi connectivity index (χ0) is 15.4. The van der Waals surface area contributed by atoms with Gasteiger partial charge in [0.1, 0.15) is 5.75 Å². The lowest BCUT2D eigenvalue weighted by Crippen LogP contribution is -2.23. The van der Waals surface area contributed by atoms with Gasteiger partial charge in [-0.05, 0) is 36.1 Å². The lowest BCUT2D eigenvalue weighted by molar-refractivity contribution is 0.0950. The second-order valence-electron chi connectivity index (χ2n) is 5.53. The number of phenols is 1. The van der Waals surface area contributed by atoms with Crippen LogP contribution < -0.4 is 5.32 Å². The molecule has 0 heterocycles. The van der Waals surface area contributed by atoms with E-state index in [2.05, 4.69) is 31.3 Å². The highest BCUT2D eigenvalue weighted by Gasteiger charge is 2.10. The maximum absolute atomic E-state index is 12.1. The number of rotatable bonds is 4. The van der Waals surface area contributed by atoms with E-state index in [1.165, 1.54) is 5.56 Å². The highest BCUT2D eigenvalue weighted by Crippen LogP contribution is 2.19. The molecule has 0 aliphatic rings. The molecule has 2 aromatic carbocycles. The summed E-state index contributed by atoms with van der Waals surface area (Å²) in [5, 5.41) is 12.5. The Balaban J connectivity index is 2.02. The van der Waals surface area contributed by atoms with E-state index in [9.17, 15) is 9.90 Å². The van der Waals surface area contributed by atoms with Gasteiger partial charge in [-0.1, -0.05) is 44.2 Å². The van der Waals surface area contributed by atoms with Gasteiger partial charge in [0.25, 0.3) is 5.91 Å². The van der Waals surface area contributed by atoms with Crippen molar-refractivity contribution in [2.45, 2.75) is 33.2 Å². The number of carbonyl (C=O) groups is 1. The van der Waals surface area contributed by atoms with E-state index in [4.69, 9.17) is 0 Å². The zero-order valence-corrected chi connectivity index (χ0v) is 12.7. The van der Waals surface area contributed by atoms with Gasteiger partial charge in [-0.2, -0.15) is 0 Å². The van der Waals surface area contributed by atoms with Crippen LogP contribution >= 0.6 is 0 Å². The molecule has 0 saturated heterocycles. The fourth-order valence-corrected chi connectivity index (χ4v) is 2.17. The number of amides is 1. The van der Waals surface area contributed by atoms with E-state index in [-0.39, 0.29) is 11.7 Å². The Morgan fingerprint density at radius 3 is 2.43 bits per heavy atom. The van der Waals surface area contributed by atoms with E-state index in [1.807, 2.05) is 12.1 Å². The fourth-order valence-electron chi connectivity index (χ4n) is 2.17. The van der Waals surface area contributed by atoms with Gasteiger partial charge in [0.15, 0.2) is 0 Å². The quantitative estimate of drug-likeness (QED) is 0.897. The molecule has 1 amide bonds. The summed E-state index contributed by atoms with van der Waals surface area (Å²) in [5.74, 6) is 0.476. The molecule has 0 aromatic heterocycles. The predicted octanol–water partition coefficient (Wildman–Crippen LogP) is 3.75. The molecule has 0 fully saturated rings. The molecule has 3 heteroatoms. The Kier molecular flexibility index (Phi) is 4.63. The summed E-state index contributed by atoms with van der Waals surface area (Å²) < 4.78 is 0. The van der Waals surface area contributed by atoms with Crippen LogP contribution in [-0.2, 0) is 6.54 Å². The molecule has 0 radical (unpaired) electrons. The van der Waals surface area contributed by atoms with Crippen LogP contribution in [0.1, 0.15) is 46.8 Å². The number of hydrogen-bond donors (Lipinski definition) is 2. The van der Waals surface area contributed by atoms with Crippen molar-refractivity contribution in [1.82, 2.24) is 5.32 Å². The average Bonchev–Trinajstić information content (AvgIpc) is 2.48. The topological polar surface area (TPSA) is 49.3 Å². The Labute approximate surface area is 125 Å². The maximum atomic E-state index is 12.1. The molecular weight excluding hydrogens is 262 g/mol. The molecule has 0 aliphatic carbocycles. The van der Waals surface area contributed by atoms with Crippen molar-refractivity contribution in [2.24, 2.45) is 0 Å². The first kappa shape index (κ1) is 15.1. The van der Waals surface area contributed by atoms with Crippen LogP contribution in [0, 0.1) is 6.92 Å². The minimum atomic E-state index is -0.170. The summed E-state index contributed by atoms with van der Waals surface area (Å²) in [6.07, 6.45) is 0. The molecular formula is C18H21NO2. The van der Waals surface area contributed by atoms with Crippen molar-refractivity contribution in [3.05, 3.63) is 64.7 Å². The van der Waals surface area contributed by atoms with Crippen LogP contribution in [0.2, 0.25) is 0 Å². The third-order valence-electron chi connectivity index (χ3n) is 3.65. The molecule has 0 saturated carbocycles. The molecule has 2 N–H and O–H groups in total. The van der Waals surface area contributed by atoms with E-state index in [0.717, 1.165) is 5.56 Å². The summed E-state index contributed by atoms with van der Waals surface area (Å²) in [4.78, 5) is 12.1. The van der Waals surface area contributed by atoms with Crippen molar-refractivity contribution in [3.63, 3.8) is 0 Å². The molecule has 2 aromatic rings. The third-order valence-corrected chi connectivity index (χ3v) is 3.65. The first-order valence-corrected chi connectivity index (χ1v) is 7.14. The lowest BCUT2D eigenvalue weighted by atomic mass is 10.0.